The topological polar surface area (TPSA) is 84.3 Å². The van der Waals surface area contributed by atoms with E-state index in [4.69, 9.17) is 4.74 Å². The van der Waals surface area contributed by atoms with Gasteiger partial charge in [-0.15, -0.1) is 5.10 Å². The summed E-state index contributed by atoms with van der Waals surface area (Å²) >= 11 is 0. The Bertz CT molecular complexity index is 538. The Kier molecular flexibility index (Phi) is 5.12. The second kappa shape index (κ2) is 7.27. The van der Waals surface area contributed by atoms with Crippen molar-refractivity contribution in [3.05, 3.63) is 5.82 Å². The third kappa shape index (κ3) is 3.81. The predicted molar refractivity (Wildman–Crippen MR) is 86.4 cm³/mol. The number of carbonyl (C=O) groups is 1. The van der Waals surface area contributed by atoms with Crippen molar-refractivity contribution in [3.63, 3.8) is 0 Å². The van der Waals surface area contributed by atoms with Crippen LogP contribution >= 0.6 is 0 Å². The van der Waals surface area contributed by atoms with Gasteiger partial charge in [0.15, 0.2) is 0 Å². The summed E-state index contributed by atoms with van der Waals surface area (Å²) < 4.78 is 6.81. The van der Waals surface area contributed by atoms with Gasteiger partial charge in [0.25, 0.3) is 5.95 Å². The highest BCUT2D eigenvalue weighted by Gasteiger charge is 2.32. The highest BCUT2D eigenvalue weighted by Crippen LogP contribution is 2.24. The van der Waals surface area contributed by atoms with Crippen molar-refractivity contribution in [3.8, 4) is 0 Å². The van der Waals surface area contributed by atoms with Gasteiger partial charge in [0.05, 0.1) is 13.2 Å². The summed E-state index contributed by atoms with van der Waals surface area (Å²) in [4.78, 5) is 18.5. The Labute approximate surface area is 136 Å². The maximum atomic E-state index is 11.5. The average molecular weight is 322 g/mol. The van der Waals surface area contributed by atoms with Crippen molar-refractivity contribution in [2.24, 2.45) is 5.92 Å². The first-order valence-corrected chi connectivity index (χ1v) is 8.49. The van der Waals surface area contributed by atoms with E-state index in [2.05, 4.69) is 32.5 Å². The molecule has 3 rings (SSSR count). The molecule has 8 heteroatoms. The van der Waals surface area contributed by atoms with Gasteiger partial charge in [-0.05, 0) is 32.4 Å². The van der Waals surface area contributed by atoms with Crippen LogP contribution in [-0.2, 0) is 17.7 Å². The number of anilines is 1. The quantitative estimate of drug-likeness (QED) is 0.852. The van der Waals surface area contributed by atoms with Crippen LogP contribution in [0.15, 0.2) is 0 Å². The number of fused-ring (bicyclic) bond motifs is 1. The molecule has 2 aliphatic heterocycles. The van der Waals surface area contributed by atoms with Crippen molar-refractivity contribution >= 4 is 12.0 Å². The molecule has 2 atom stereocenters. The van der Waals surface area contributed by atoms with E-state index < -0.39 is 6.09 Å². The van der Waals surface area contributed by atoms with Crippen LogP contribution in [0, 0.1) is 5.92 Å². The van der Waals surface area contributed by atoms with Gasteiger partial charge < -0.3 is 10.1 Å². The lowest BCUT2D eigenvalue weighted by Gasteiger charge is -2.37. The Morgan fingerprint density at radius 3 is 3.13 bits per heavy atom. The first-order valence-electron chi connectivity index (χ1n) is 8.49. The minimum atomic E-state index is -0.501. The lowest BCUT2D eigenvalue weighted by atomic mass is 9.93. The molecular weight excluding hydrogens is 296 g/mol. The second-order valence-corrected chi connectivity index (χ2v) is 6.27. The maximum Gasteiger partial charge on any atom is 0.414 e. The third-order valence-electron chi connectivity index (χ3n) is 4.60. The summed E-state index contributed by atoms with van der Waals surface area (Å²) in [6.07, 6.45) is 1.56. The molecule has 0 saturated carbocycles. The minimum Gasteiger partial charge on any atom is -0.450 e. The molecule has 1 fully saturated rings. The molecule has 8 nitrogen and oxygen atoms in total. The standard InChI is InChI=1S/C15H26N6O2/c1-3-23-15(22)18-14-17-13-9-11(2)12(10-21(13)19-14)20-7-4-5-16-6-8-20/h11-12,16H,3-10H2,1-2H3,(H,18,19,22). The van der Waals surface area contributed by atoms with E-state index in [-0.39, 0.29) is 0 Å². The Morgan fingerprint density at radius 2 is 2.30 bits per heavy atom. The number of aromatic nitrogens is 3. The summed E-state index contributed by atoms with van der Waals surface area (Å²) in [5.41, 5.74) is 0. The number of hydrogen-bond acceptors (Lipinski definition) is 6. The number of nitrogens with one attached hydrogen (secondary N) is 2. The van der Waals surface area contributed by atoms with Crippen LogP contribution in [0.3, 0.4) is 0 Å². The van der Waals surface area contributed by atoms with Gasteiger partial charge in [0, 0.05) is 25.6 Å². The highest BCUT2D eigenvalue weighted by molar-refractivity contribution is 5.82. The number of ether oxygens (including phenoxy) is 1. The summed E-state index contributed by atoms with van der Waals surface area (Å²) in [6.45, 7) is 9.55. The molecule has 2 aliphatic rings. The molecule has 1 amide bonds. The zero-order chi connectivity index (χ0) is 16.2. The lowest BCUT2D eigenvalue weighted by molar-refractivity contribution is 0.117. The molecule has 0 bridgehead atoms. The molecule has 1 aromatic heterocycles. The van der Waals surface area contributed by atoms with E-state index in [1.165, 1.54) is 6.42 Å². The Morgan fingerprint density at radius 1 is 1.43 bits per heavy atom. The predicted octanol–water partition coefficient (Wildman–Crippen LogP) is 0.703. The van der Waals surface area contributed by atoms with Crippen LogP contribution in [0.1, 0.15) is 26.1 Å². The first kappa shape index (κ1) is 16.2. The molecule has 128 valence electrons. The van der Waals surface area contributed by atoms with E-state index in [0.29, 0.717) is 24.5 Å². The lowest BCUT2D eigenvalue weighted by Crippen LogP contribution is -2.47. The number of hydrogen-bond donors (Lipinski definition) is 2. The SMILES string of the molecule is CCOC(=O)Nc1nc2n(n1)CC(N1CCCNCC1)C(C)C2. The normalized spacial score (nSPS) is 25.5. The van der Waals surface area contributed by atoms with Gasteiger partial charge in [-0.25, -0.2) is 9.48 Å². The second-order valence-electron chi connectivity index (χ2n) is 6.27. The molecule has 0 aromatic carbocycles. The van der Waals surface area contributed by atoms with Crippen LogP contribution in [0.25, 0.3) is 0 Å². The van der Waals surface area contributed by atoms with Crippen molar-refractivity contribution in [1.29, 1.82) is 0 Å². The van der Waals surface area contributed by atoms with Gasteiger partial charge in [-0.2, -0.15) is 4.98 Å². The van der Waals surface area contributed by atoms with Crippen molar-refractivity contribution < 1.29 is 9.53 Å². The van der Waals surface area contributed by atoms with Crippen LogP contribution in [0.4, 0.5) is 10.7 Å². The third-order valence-corrected chi connectivity index (χ3v) is 4.60. The smallest absolute Gasteiger partial charge is 0.414 e. The highest BCUT2D eigenvalue weighted by atomic mass is 16.5. The van der Waals surface area contributed by atoms with Gasteiger partial charge in [0.2, 0.25) is 0 Å². The van der Waals surface area contributed by atoms with E-state index in [0.717, 1.165) is 45.0 Å². The first-order chi connectivity index (χ1) is 11.2. The molecule has 2 unspecified atom stereocenters. The van der Waals surface area contributed by atoms with Gasteiger partial charge >= 0.3 is 6.09 Å². The summed E-state index contributed by atoms with van der Waals surface area (Å²) in [7, 11) is 0. The molecule has 2 N–H and O–H groups in total. The van der Waals surface area contributed by atoms with E-state index >= 15 is 0 Å². The van der Waals surface area contributed by atoms with Gasteiger partial charge in [-0.3, -0.25) is 10.2 Å². The van der Waals surface area contributed by atoms with E-state index in [1.54, 1.807) is 6.92 Å². The zero-order valence-electron chi connectivity index (χ0n) is 13.9. The Hall–Kier alpha value is -1.67. The molecule has 0 aliphatic carbocycles. The zero-order valence-corrected chi connectivity index (χ0v) is 13.9. The molecule has 1 saturated heterocycles. The van der Waals surface area contributed by atoms with Crippen molar-refractivity contribution in [1.82, 2.24) is 25.0 Å². The molecule has 0 radical (unpaired) electrons. The molecular formula is C15H26N6O2. The van der Waals surface area contributed by atoms with Gasteiger partial charge in [0.1, 0.15) is 5.82 Å². The number of carbonyl (C=O) groups excluding carboxylic acids is 1. The van der Waals surface area contributed by atoms with Crippen LogP contribution in [0.5, 0.6) is 0 Å². The fourth-order valence-corrected chi connectivity index (χ4v) is 3.44. The molecule has 3 heterocycles. The monoisotopic (exact) mass is 322 g/mol. The number of nitrogens with zero attached hydrogens (tertiary/aromatic N) is 4. The molecule has 23 heavy (non-hydrogen) atoms. The van der Waals surface area contributed by atoms with E-state index in [9.17, 15) is 4.79 Å². The van der Waals surface area contributed by atoms with Crippen LogP contribution < -0.4 is 10.6 Å². The summed E-state index contributed by atoms with van der Waals surface area (Å²) in [6, 6.07) is 0.472. The maximum absolute atomic E-state index is 11.5. The molecule has 1 aromatic rings. The summed E-state index contributed by atoms with van der Waals surface area (Å²) in [5, 5.41) is 10.5. The molecule has 0 spiro atoms. The van der Waals surface area contributed by atoms with Crippen molar-refractivity contribution in [2.75, 3.05) is 38.1 Å². The Balaban J connectivity index is 1.68. The van der Waals surface area contributed by atoms with E-state index in [1.807, 2.05) is 4.68 Å². The van der Waals surface area contributed by atoms with Crippen LogP contribution in [-0.4, -0.2) is 64.6 Å². The minimum absolute atomic E-state index is 0.335. The average Bonchev–Trinajstić information content (AvgIpc) is 2.72. The fraction of sp³-hybridized carbons (Fsp3) is 0.800. The van der Waals surface area contributed by atoms with Crippen molar-refractivity contribution in [2.45, 2.75) is 39.3 Å². The van der Waals surface area contributed by atoms with Gasteiger partial charge in [-0.1, -0.05) is 6.92 Å². The number of amides is 1. The fourth-order valence-electron chi connectivity index (χ4n) is 3.44. The largest absolute Gasteiger partial charge is 0.450 e. The number of rotatable bonds is 3. The van der Waals surface area contributed by atoms with Crippen LogP contribution in [0.2, 0.25) is 0 Å². The summed E-state index contributed by atoms with van der Waals surface area (Å²) in [5.74, 6) is 1.80.